The number of carbonyl (C=O) groups is 4. The van der Waals surface area contributed by atoms with Gasteiger partial charge in [0.25, 0.3) is 0 Å². The lowest BCUT2D eigenvalue weighted by atomic mass is 9.83. The lowest BCUT2D eigenvalue weighted by molar-refractivity contribution is 0.0979. The number of nitrogens with two attached hydrogens (primary N) is 1. The predicted molar refractivity (Wildman–Crippen MR) is 139 cm³/mol. The predicted octanol–water partition coefficient (Wildman–Crippen LogP) is 5.67. The third kappa shape index (κ3) is 3.14. The molecule has 4 aromatic rings. The summed E-state index contributed by atoms with van der Waals surface area (Å²) in [5.74, 6) is 5.30. The molecule has 0 amide bonds. The van der Waals surface area contributed by atoms with Crippen LogP contribution in [0.15, 0.2) is 77.3 Å². The first-order valence-electron chi connectivity index (χ1n) is 10.9. The maximum Gasteiger partial charge on any atom is 0.194 e. The Labute approximate surface area is 218 Å². The standard InChI is InChI=1S/C28H14BrClN2O4/c29-21-9-17-19(27(35)15-7-3-1-5-13(15)25(17)33)11-23(21)32(31)24-12-20-18(10-22(24)30)26(34)14-6-2-4-8-16(14)28(20)36/h1-12H,31H2. The van der Waals surface area contributed by atoms with Crippen molar-refractivity contribution in [1.82, 2.24) is 0 Å². The van der Waals surface area contributed by atoms with E-state index in [0.717, 1.165) is 0 Å². The van der Waals surface area contributed by atoms with E-state index in [1.165, 1.54) is 23.2 Å². The van der Waals surface area contributed by atoms with E-state index in [1.807, 2.05) is 0 Å². The van der Waals surface area contributed by atoms with Crippen LogP contribution in [0.1, 0.15) is 63.7 Å². The first kappa shape index (κ1) is 22.5. The van der Waals surface area contributed by atoms with Gasteiger partial charge in [-0.25, -0.2) is 5.84 Å². The van der Waals surface area contributed by atoms with Crippen molar-refractivity contribution in [3.63, 3.8) is 0 Å². The van der Waals surface area contributed by atoms with Gasteiger partial charge in [0.2, 0.25) is 0 Å². The van der Waals surface area contributed by atoms with Crippen LogP contribution >= 0.6 is 27.5 Å². The van der Waals surface area contributed by atoms with Crippen LogP contribution < -0.4 is 10.9 Å². The van der Waals surface area contributed by atoms with Crippen molar-refractivity contribution in [2.75, 3.05) is 5.01 Å². The number of hydrogen-bond acceptors (Lipinski definition) is 6. The molecular formula is C28H14BrClN2O4. The number of ketones is 4. The molecule has 0 spiro atoms. The van der Waals surface area contributed by atoms with Crippen LogP contribution in [0, 0.1) is 0 Å². The second-order valence-electron chi connectivity index (χ2n) is 8.48. The third-order valence-corrected chi connectivity index (χ3v) is 7.44. The average molecular weight is 558 g/mol. The summed E-state index contributed by atoms with van der Waals surface area (Å²) in [7, 11) is 0. The van der Waals surface area contributed by atoms with Crippen molar-refractivity contribution in [3.05, 3.63) is 127 Å². The van der Waals surface area contributed by atoms with E-state index in [9.17, 15) is 19.2 Å². The Kier molecular flexibility index (Phi) is 5.05. The fourth-order valence-corrected chi connectivity index (χ4v) is 5.50. The van der Waals surface area contributed by atoms with E-state index in [1.54, 1.807) is 54.6 Å². The Bertz CT molecular complexity index is 1590. The average Bonchev–Trinajstić information content (AvgIpc) is 2.89. The summed E-state index contributed by atoms with van der Waals surface area (Å²) in [6.07, 6.45) is 0. The largest absolute Gasteiger partial charge is 0.289 e. The van der Waals surface area contributed by atoms with Crippen LogP contribution in [0.25, 0.3) is 0 Å². The van der Waals surface area contributed by atoms with Gasteiger partial charge in [0.05, 0.1) is 16.4 Å². The van der Waals surface area contributed by atoms with Crippen LogP contribution in [-0.4, -0.2) is 23.1 Å². The normalized spacial score (nSPS) is 13.6. The molecule has 36 heavy (non-hydrogen) atoms. The highest BCUT2D eigenvalue weighted by atomic mass is 79.9. The number of benzene rings is 4. The van der Waals surface area contributed by atoms with Gasteiger partial charge in [0.1, 0.15) is 0 Å². The molecule has 8 heteroatoms. The minimum Gasteiger partial charge on any atom is -0.289 e. The third-order valence-electron chi connectivity index (χ3n) is 6.50. The zero-order valence-electron chi connectivity index (χ0n) is 18.3. The molecule has 0 radical (unpaired) electrons. The maximum atomic E-state index is 13.2. The van der Waals surface area contributed by atoms with Crippen molar-refractivity contribution in [2.45, 2.75) is 0 Å². The van der Waals surface area contributed by atoms with Crippen LogP contribution in [-0.2, 0) is 0 Å². The molecule has 0 saturated carbocycles. The van der Waals surface area contributed by atoms with Crippen molar-refractivity contribution >= 4 is 62.0 Å². The molecule has 0 unspecified atom stereocenters. The van der Waals surface area contributed by atoms with E-state index in [2.05, 4.69) is 15.9 Å². The van der Waals surface area contributed by atoms with Gasteiger partial charge in [0.15, 0.2) is 23.1 Å². The van der Waals surface area contributed by atoms with Gasteiger partial charge in [-0.2, -0.15) is 0 Å². The Hall–Kier alpha value is -3.91. The van der Waals surface area contributed by atoms with Crippen LogP contribution in [0.3, 0.4) is 0 Å². The second-order valence-corrected chi connectivity index (χ2v) is 9.74. The molecule has 0 aliphatic heterocycles. The Morgan fingerprint density at radius 2 is 0.917 bits per heavy atom. The van der Waals surface area contributed by atoms with Gasteiger partial charge in [-0.15, -0.1) is 0 Å². The van der Waals surface area contributed by atoms with Gasteiger partial charge in [0, 0.05) is 49.0 Å². The smallest absolute Gasteiger partial charge is 0.194 e. The number of hydrogen-bond donors (Lipinski definition) is 1. The Morgan fingerprint density at radius 1 is 0.556 bits per heavy atom. The highest BCUT2D eigenvalue weighted by molar-refractivity contribution is 9.10. The summed E-state index contributed by atoms with van der Waals surface area (Å²) in [6, 6.07) is 19.2. The zero-order valence-corrected chi connectivity index (χ0v) is 20.7. The van der Waals surface area contributed by atoms with Crippen molar-refractivity contribution in [1.29, 1.82) is 0 Å². The number of rotatable bonds is 2. The minimum atomic E-state index is -0.312. The quantitative estimate of drug-likeness (QED) is 0.218. The first-order valence-corrected chi connectivity index (χ1v) is 12.0. The summed E-state index contributed by atoms with van der Waals surface area (Å²) in [5.41, 5.74) is 2.76. The highest BCUT2D eigenvalue weighted by Crippen LogP contribution is 2.41. The molecule has 0 heterocycles. The number of hydrazine groups is 1. The van der Waals surface area contributed by atoms with Gasteiger partial charge in [-0.3, -0.25) is 24.2 Å². The topological polar surface area (TPSA) is 97.5 Å². The van der Waals surface area contributed by atoms with Gasteiger partial charge < -0.3 is 0 Å². The lowest BCUT2D eigenvalue weighted by Gasteiger charge is -2.26. The van der Waals surface area contributed by atoms with E-state index in [4.69, 9.17) is 17.4 Å². The van der Waals surface area contributed by atoms with Gasteiger partial charge in [-0.1, -0.05) is 60.1 Å². The molecule has 2 aliphatic rings. The molecule has 4 aromatic carbocycles. The van der Waals surface area contributed by atoms with Crippen LogP contribution in [0.4, 0.5) is 11.4 Å². The van der Waals surface area contributed by atoms with Gasteiger partial charge >= 0.3 is 0 Å². The number of fused-ring (bicyclic) bond motifs is 4. The molecule has 0 atom stereocenters. The van der Waals surface area contributed by atoms with E-state index >= 15 is 0 Å². The number of nitrogens with zero attached hydrogens (tertiary/aromatic N) is 1. The molecular weight excluding hydrogens is 544 g/mol. The molecule has 0 saturated heterocycles. The number of anilines is 2. The molecule has 6 nitrogen and oxygen atoms in total. The van der Waals surface area contributed by atoms with Crippen LogP contribution in [0.5, 0.6) is 0 Å². The van der Waals surface area contributed by atoms with Gasteiger partial charge in [-0.05, 0) is 40.2 Å². The monoisotopic (exact) mass is 556 g/mol. The minimum absolute atomic E-state index is 0.147. The summed E-state index contributed by atoms with van der Waals surface area (Å²) in [6.45, 7) is 0. The maximum absolute atomic E-state index is 13.2. The molecule has 6 rings (SSSR count). The van der Waals surface area contributed by atoms with Crippen molar-refractivity contribution in [2.24, 2.45) is 5.84 Å². The van der Waals surface area contributed by atoms with E-state index in [-0.39, 0.29) is 56.1 Å². The lowest BCUT2D eigenvalue weighted by Crippen LogP contribution is -2.29. The van der Waals surface area contributed by atoms with E-state index in [0.29, 0.717) is 32.4 Å². The Morgan fingerprint density at radius 3 is 1.36 bits per heavy atom. The summed E-state index contributed by atoms with van der Waals surface area (Å²) in [4.78, 5) is 52.4. The molecule has 2 N–H and O–H groups in total. The number of halogens is 2. The van der Waals surface area contributed by atoms with Crippen LogP contribution in [0.2, 0.25) is 5.02 Å². The fraction of sp³-hybridized carbons (Fsp3) is 0. The zero-order chi connectivity index (χ0) is 25.3. The molecule has 174 valence electrons. The Balaban J connectivity index is 1.47. The molecule has 0 aromatic heterocycles. The summed E-state index contributed by atoms with van der Waals surface area (Å²) >= 11 is 9.99. The SMILES string of the molecule is NN(c1cc2c(cc1Cl)C(=O)c1ccccc1C2=O)c1cc2c(cc1Br)C(=O)c1ccccc1C2=O. The van der Waals surface area contributed by atoms with Crippen molar-refractivity contribution in [3.8, 4) is 0 Å². The molecule has 0 fully saturated rings. The molecule has 2 aliphatic carbocycles. The fourth-order valence-electron chi connectivity index (χ4n) is 4.71. The molecule has 0 bridgehead atoms. The van der Waals surface area contributed by atoms with E-state index < -0.39 is 0 Å². The van der Waals surface area contributed by atoms with Crippen molar-refractivity contribution < 1.29 is 19.2 Å². The summed E-state index contributed by atoms with van der Waals surface area (Å²) in [5, 5.41) is 1.37. The first-order chi connectivity index (χ1) is 17.3. The highest BCUT2D eigenvalue weighted by Gasteiger charge is 2.33. The second kappa shape index (κ2) is 8.06. The number of carbonyl (C=O) groups excluding carboxylic acids is 4. The summed E-state index contributed by atoms with van der Waals surface area (Å²) < 4.78 is 0.450.